The van der Waals surface area contributed by atoms with E-state index >= 15 is 0 Å². The first-order valence-electron chi connectivity index (χ1n) is 5.13. The maximum Gasteiger partial charge on any atom is 0.311 e. The van der Waals surface area contributed by atoms with Crippen molar-refractivity contribution >= 4 is 5.69 Å². The monoisotopic (exact) mass is 239 g/mol. The number of rotatable bonds is 5. The Hall–Kier alpha value is -1.82. The van der Waals surface area contributed by atoms with Crippen molar-refractivity contribution < 1.29 is 19.1 Å². The molecule has 17 heavy (non-hydrogen) atoms. The van der Waals surface area contributed by atoms with Crippen LogP contribution in [0.5, 0.6) is 11.5 Å². The molecule has 1 atom stereocenters. The van der Waals surface area contributed by atoms with Gasteiger partial charge in [-0.15, -0.1) is 0 Å². The highest BCUT2D eigenvalue weighted by Crippen LogP contribution is 2.33. The van der Waals surface area contributed by atoms with Crippen LogP contribution in [0.4, 0.5) is 5.69 Å². The number of epoxide rings is 1. The van der Waals surface area contributed by atoms with Crippen LogP contribution < -0.4 is 9.47 Å². The maximum absolute atomic E-state index is 10.8. The van der Waals surface area contributed by atoms with E-state index in [4.69, 9.17) is 14.2 Å². The Morgan fingerprint density at radius 2 is 2.29 bits per heavy atom. The highest BCUT2D eigenvalue weighted by molar-refractivity contribution is 5.50. The zero-order valence-electron chi connectivity index (χ0n) is 9.63. The molecule has 0 amide bonds. The molecular weight excluding hydrogens is 226 g/mol. The Morgan fingerprint density at radius 1 is 1.59 bits per heavy atom. The number of hydrogen-bond donors (Lipinski definition) is 0. The van der Waals surface area contributed by atoms with Crippen LogP contribution in [-0.4, -0.2) is 30.8 Å². The molecule has 0 aromatic heterocycles. The second-order valence-corrected chi connectivity index (χ2v) is 4.12. The van der Waals surface area contributed by atoms with Crippen LogP contribution in [0.3, 0.4) is 0 Å². The molecule has 0 radical (unpaired) electrons. The molecule has 1 heterocycles. The van der Waals surface area contributed by atoms with Gasteiger partial charge in [0.25, 0.3) is 0 Å². The van der Waals surface area contributed by atoms with Crippen molar-refractivity contribution in [1.29, 1.82) is 0 Å². The minimum atomic E-state index is -0.481. The fourth-order valence-corrected chi connectivity index (χ4v) is 1.32. The average molecular weight is 239 g/mol. The van der Waals surface area contributed by atoms with Crippen molar-refractivity contribution in [1.82, 2.24) is 0 Å². The van der Waals surface area contributed by atoms with Crippen molar-refractivity contribution in [2.75, 3.05) is 20.3 Å². The summed E-state index contributed by atoms with van der Waals surface area (Å²) in [6.07, 6.45) is 0. The topological polar surface area (TPSA) is 74.1 Å². The molecule has 0 N–H and O–H groups in total. The third kappa shape index (κ3) is 2.65. The first-order chi connectivity index (χ1) is 8.04. The predicted molar refractivity (Wildman–Crippen MR) is 59.5 cm³/mol. The van der Waals surface area contributed by atoms with Gasteiger partial charge in [-0.1, -0.05) is 0 Å². The van der Waals surface area contributed by atoms with Crippen molar-refractivity contribution in [3.8, 4) is 11.5 Å². The first kappa shape index (κ1) is 11.7. The van der Waals surface area contributed by atoms with Crippen LogP contribution in [0.2, 0.25) is 0 Å². The lowest BCUT2D eigenvalue weighted by Gasteiger charge is -2.10. The quantitative estimate of drug-likeness (QED) is 0.444. The molecule has 1 aromatic carbocycles. The lowest BCUT2D eigenvalue weighted by atomic mass is 10.2. The minimum absolute atomic E-state index is 0.0740. The molecule has 92 valence electrons. The molecule has 0 spiro atoms. The first-order valence-corrected chi connectivity index (χ1v) is 5.13. The van der Waals surface area contributed by atoms with Crippen LogP contribution in [0, 0.1) is 10.1 Å². The molecule has 6 heteroatoms. The summed E-state index contributed by atoms with van der Waals surface area (Å²) in [5.41, 5.74) is -0.383. The van der Waals surface area contributed by atoms with Gasteiger partial charge in [-0.3, -0.25) is 10.1 Å². The molecule has 6 nitrogen and oxygen atoms in total. The number of nitrogens with zero attached hydrogens (tertiary/aromatic N) is 1. The van der Waals surface area contributed by atoms with E-state index in [0.29, 0.717) is 19.0 Å². The lowest BCUT2D eigenvalue weighted by molar-refractivity contribution is -0.385. The summed E-state index contributed by atoms with van der Waals surface area (Å²) >= 11 is 0. The maximum atomic E-state index is 10.8. The SMILES string of the molecule is COc1ccc([N+](=O)[O-])c(OCC2(C)CO2)c1. The molecule has 1 aromatic rings. The van der Waals surface area contributed by atoms with Crippen LogP contribution in [0.15, 0.2) is 18.2 Å². The van der Waals surface area contributed by atoms with Gasteiger partial charge in [0.1, 0.15) is 18.0 Å². The van der Waals surface area contributed by atoms with Crippen LogP contribution in [0.25, 0.3) is 0 Å². The minimum Gasteiger partial charge on any atom is -0.497 e. The summed E-state index contributed by atoms with van der Waals surface area (Å²) in [4.78, 5) is 10.3. The van der Waals surface area contributed by atoms with Crippen LogP contribution in [-0.2, 0) is 4.74 Å². The molecule has 1 fully saturated rings. The zero-order valence-corrected chi connectivity index (χ0v) is 9.63. The fourth-order valence-electron chi connectivity index (χ4n) is 1.32. The van der Waals surface area contributed by atoms with E-state index in [1.54, 1.807) is 0 Å². The number of nitro benzene ring substituents is 1. The number of nitro groups is 1. The van der Waals surface area contributed by atoms with E-state index in [1.807, 2.05) is 6.92 Å². The van der Waals surface area contributed by atoms with Gasteiger partial charge in [0.2, 0.25) is 5.75 Å². The van der Waals surface area contributed by atoms with E-state index < -0.39 is 4.92 Å². The van der Waals surface area contributed by atoms with E-state index in [9.17, 15) is 10.1 Å². The van der Waals surface area contributed by atoms with Crippen molar-refractivity contribution in [3.05, 3.63) is 28.3 Å². The summed E-state index contributed by atoms with van der Waals surface area (Å²) in [5.74, 6) is 0.721. The number of hydrogen-bond acceptors (Lipinski definition) is 5. The third-order valence-electron chi connectivity index (χ3n) is 2.53. The molecule has 1 aliphatic heterocycles. The second kappa shape index (κ2) is 4.21. The van der Waals surface area contributed by atoms with Gasteiger partial charge in [0, 0.05) is 12.1 Å². The Balaban J connectivity index is 2.18. The number of ether oxygens (including phenoxy) is 3. The Kier molecular flexibility index (Phi) is 2.89. The average Bonchev–Trinajstić information content (AvgIpc) is 3.04. The van der Waals surface area contributed by atoms with E-state index in [2.05, 4.69) is 0 Å². The molecule has 0 aliphatic carbocycles. The van der Waals surface area contributed by atoms with Crippen LogP contribution >= 0.6 is 0 Å². The van der Waals surface area contributed by atoms with E-state index in [1.165, 1.54) is 25.3 Å². The largest absolute Gasteiger partial charge is 0.497 e. The van der Waals surface area contributed by atoms with Gasteiger partial charge in [-0.05, 0) is 13.0 Å². The molecule has 2 rings (SSSR count). The molecule has 0 saturated carbocycles. The van der Waals surface area contributed by atoms with Gasteiger partial charge in [-0.25, -0.2) is 0 Å². The van der Waals surface area contributed by atoms with Crippen molar-refractivity contribution in [2.45, 2.75) is 12.5 Å². The standard InChI is InChI=1S/C11H13NO5/c1-11(7-17-11)6-16-10-5-8(15-2)3-4-9(10)12(13)14/h3-5H,6-7H2,1-2H3. The number of methoxy groups -OCH3 is 1. The Morgan fingerprint density at radius 3 is 2.82 bits per heavy atom. The van der Waals surface area contributed by atoms with Gasteiger partial charge in [0.05, 0.1) is 18.6 Å². The highest BCUT2D eigenvalue weighted by atomic mass is 16.6. The third-order valence-corrected chi connectivity index (χ3v) is 2.53. The van der Waals surface area contributed by atoms with E-state index in [0.717, 1.165) is 0 Å². The number of benzene rings is 1. The summed E-state index contributed by atoms with van der Waals surface area (Å²) in [7, 11) is 1.50. The molecule has 1 saturated heterocycles. The molecular formula is C11H13NO5. The van der Waals surface area contributed by atoms with Crippen molar-refractivity contribution in [3.63, 3.8) is 0 Å². The van der Waals surface area contributed by atoms with E-state index in [-0.39, 0.29) is 17.0 Å². The molecule has 0 bridgehead atoms. The zero-order chi connectivity index (χ0) is 12.5. The summed E-state index contributed by atoms with van der Waals surface area (Å²) in [6.45, 7) is 2.80. The summed E-state index contributed by atoms with van der Waals surface area (Å²) < 4.78 is 15.6. The van der Waals surface area contributed by atoms with Gasteiger partial charge in [0.15, 0.2) is 0 Å². The molecule has 1 unspecified atom stereocenters. The Labute approximate surface area is 98.2 Å². The summed E-state index contributed by atoms with van der Waals surface area (Å²) in [6, 6.07) is 4.40. The second-order valence-electron chi connectivity index (χ2n) is 4.12. The molecule has 1 aliphatic rings. The normalized spacial score (nSPS) is 22.0. The predicted octanol–water partition coefficient (Wildman–Crippen LogP) is 1.77. The van der Waals surface area contributed by atoms with Crippen molar-refractivity contribution in [2.24, 2.45) is 0 Å². The smallest absolute Gasteiger partial charge is 0.311 e. The van der Waals surface area contributed by atoms with Gasteiger partial charge >= 0.3 is 5.69 Å². The fraction of sp³-hybridized carbons (Fsp3) is 0.455. The van der Waals surface area contributed by atoms with Gasteiger partial charge in [-0.2, -0.15) is 0 Å². The highest BCUT2D eigenvalue weighted by Gasteiger charge is 2.40. The van der Waals surface area contributed by atoms with Crippen LogP contribution in [0.1, 0.15) is 6.92 Å². The van der Waals surface area contributed by atoms with Gasteiger partial charge < -0.3 is 14.2 Å². The Bertz CT molecular complexity index is 441. The lowest BCUT2D eigenvalue weighted by Crippen LogP contribution is -2.17. The summed E-state index contributed by atoms with van der Waals surface area (Å²) in [5, 5.41) is 10.8.